The summed E-state index contributed by atoms with van der Waals surface area (Å²) in [6, 6.07) is 2.72. The lowest BCUT2D eigenvalue weighted by Crippen LogP contribution is -2.36. The lowest BCUT2D eigenvalue weighted by Gasteiger charge is -2.15. The van der Waals surface area contributed by atoms with E-state index in [0.717, 1.165) is 12.3 Å². The maximum absolute atomic E-state index is 14.3. The molecule has 0 aliphatic heterocycles. The summed E-state index contributed by atoms with van der Waals surface area (Å²) in [5.74, 6) is -2.95. The second-order valence-electron chi connectivity index (χ2n) is 5.85. The van der Waals surface area contributed by atoms with Crippen LogP contribution in [0, 0.1) is 5.82 Å². The van der Waals surface area contributed by atoms with Crippen LogP contribution >= 0.6 is 11.6 Å². The van der Waals surface area contributed by atoms with Crippen molar-refractivity contribution >= 4 is 11.6 Å². The molecule has 2 aromatic heterocycles. The third kappa shape index (κ3) is 4.55. The molecule has 0 bridgehead atoms. The second kappa shape index (κ2) is 7.72. The van der Waals surface area contributed by atoms with Gasteiger partial charge in [-0.25, -0.2) is 18.7 Å². The van der Waals surface area contributed by atoms with Crippen molar-refractivity contribution in [2.45, 2.75) is 12.4 Å². The monoisotopic (exact) mass is 469 g/mol. The van der Waals surface area contributed by atoms with E-state index in [1.54, 1.807) is 0 Å². The minimum Gasteiger partial charge on any atom is -0.437 e. The van der Waals surface area contributed by atoms with Crippen LogP contribution in [0.25, 0.3) is 5.69 Å². The van der Waals surface area contributed by atoms with E-state index in [0.29, 0.717) is 18.2 Å². The maximum Gasteiger partial charge on any atom is 0.431 e. The van der Waals surface area contributed by atoms with Crippen molar-refractivity contribution in [1.29, 1.82) is 0 Å². The molecule has 14 heteroatoms. The normalized spacial score (nSPS) is 12.1. The molecule has 0 saturated carbocycles. The number of alkyl halides is 6. The van der Waals surface area contributed by atoms with Crippen molar-refractivity contribution in [3.63, 3.8) is 0 Å². The third-order valence-electron chi connectivity index (χ3n) is 3.76. The first-order valence-corrected chi connectivity index (χ1v) is 8.30. The van der Waals surface area contributed by atoms with Crippen molar-refractivity contribution < 1.29 is 35.5 Å². The second-order valence-corrected chi connectivity index (χ2v) is 6.26. The number of rotatable bonds is 3. The largest absolute Gasteiger partial charge is 0.437 e. The van der Waals surface area contributed by atoms with Gasteiger partial charge in [0.1, 0.15) is 22.8 Å². The first kappa shape index (κ1) is 22.3. The Hall–Kier alpha value is -3.35. The number of H-pyrrole nitrogens is 1. The van der Waals surface area contributed by atoms with E-state index in [1.807, 2.05) is 0 Å². The summed E-state index contributed by atoms with van der Waals surface area (Å²) in [5, 5.41) is -0.559. The first-order valence-electron chi connectivity index (χ1n) is 7.92. The number of pyridine rings is 1. The van der Waals surface area contributed by atoms with Gasteiger partial charge in [-0.2, -0.15) is 26.3 Å². The van der Waals surface area contributed by atoms with Crippen molar-refractivity contribution in [2.75, 3.05) is 0 Å². The van der Waals surface area contributed by atoms with Gasteiger partial charge in [0.2, 0.25) is 5.88 Å². The molecule has 0 radical (unpaired) electrons. The number of aromatic nitrogens is 3. The number of nitrogens with zero attached hydrogens (tertiary/aromatic N) is 2. The van der Waals surface area contributed by atoms with E-state index in [1.165, 1.54) is 4.98 Å². The summed E-state index contributed by atoms with van der Waals surface area (Å²) in [7, 11) is 0. The fourth-order valence-corrected chi connectivity index (χ4v) is 2.63. The molecule has 3 aromatic rings. The van der Waals surface area contributed by atoms with E-state index in [2.05, 4.69) is 4.98 Å². The van der Waals surface area contributed by atoms with Crippen LogP contribution in [0.5, 0.6) is 11.6 Å². The Morgan fingerprint density at radius 3 is 2.29 bits per heavy atom. The number of nitrogens with one attached hydrogen (secondary N) is 1. The van der Waals surface area contributed by atoms with Crippen molar-refractivity contribution in [2.24, 2.45) is 0 Å². The zero-order chi connectivity index (χ0) is 23.1. The number of aromatic amines is 1. The van der Waals surface area contributed by atoms with E-state index >= 15 is 0 Å². The fourth-order valence-electron chi connectivity index (χ4n) is 2.44. The Labute approximate surface area is 171 Å². The SMILES string of the molecule is O=c1cc(C(F)(F)F)[nH]c(=O)n1-c1cc(Oc2ncccc2C(F)(F)F)c(Cl)cc1F. The first-order chi connectivity index (χ1) is 14.3. The molecule has 1 aromatic carbocycles. The smallest absolute Gasteiger partial charge is 0.431 e. The Kier molecular flexibility index (Phi) is 5.56. The van der Waals surface area contributed by atoms with E-state index in [-0.39, 0.29) is 10.6 Å². The van der Waals surface area contributed by atoms with Gasteiger partial charge in [-0.05, 0) is 18.2 Å². The van der Waals surface area contributed by atoms with Crippen LogP contribution in [0.3, 0.4) is 0 Å². The summed E-state index contributed by atoms with van der Waals surface area (Å²) < 4.78 is 96.8. The molecule has 0 unspecified atom stereocenters. The molecule has 164 valence electrons. The molecule has 0 aliphatic carbocycles. The molecule has 1 N–H and O–H groups in total. The van der Waals surface area contributed by atoms with Crippen LogP contribution in [-0.4, -0.2) is 14.5 Å². The van der Waals surface area contributed by atoms with Gasteiger partial charge in [-0.3, -0.25) is 4.79 Å². The zero-order valence-corrected chi connectivity index (χ0v) is 15.4. The Bertz CT molecular complexity index is 1230. The maximum atomic E-state index is 14.3. The van der Waals surface area contributed by atoms with Crippen LogP contribution < -0.4 is 16.0 Å². The van der Waals surface area contributed by atoms with E-state index < -0.39 is 63.0 Å². The van der Waals surface area contributed by atoms with Crippen LogP contribution in [0.4, 0.5) is 30.7 Å². The molecule has 0 spiro atoms. The lowest BCUT2D eigenvalue weighted by molar-refractivity contribution is -0.141. The van der Waals surface area contributed by atoms with Gasteiger partial charge in [-0.1, -0.05) is 11.6 Å². The molecule has 3 rings (SSSR count). The van der Waals surface area contributed by atoms with Gasteiger partial charge in [-0.15, -0.1) is 0 Å². The van der Waals surface area contributed by atoms with Crippen LogP contribution in [0.15, 0.2) is 46.1 Å². The topological polar surface area (TPSA) is 77.0 Å². The van der Waals surface area contributed by atoms with Crippen LogP contribution in [0.1, 0.15) is 11.3 Å². The van der Waals surface area contributed by atoms with Gasteiger partial charge in [0.05, 0.1) is 10.7 Å². The molecule has 6 nitrogen and oxygen atoms in total. The highest BCUT2D eigenvalue weighted by Crippen LogP contribution is 2.39. The Morgan fingerprint density at radius 1 is 1.03 bits per heavy atom. The third-order valence-corrected chi connectivity index (χ3v) is 4.06. The molecule has 2 heterocycles. The van der Waals surface area contributed by atoms with Gasteiger partial charge < -0.3 is 9.72 Å². The highest BCUT2D eigenvalue weighted by atomic mass is 35.5. The predicted molar refractivity (Wildman–Crippen MR) is 91.9 cm³/mol. The van der Waals surface area contributed by atoms with Crippen molar-refractivity contribution in [3.8, 4) is 17.3 Å². The lowest BCUT2D eigenvalue weighted by atomic mass is 10.2. The van der Waals surface area contributed by atoms with Crippen molar-refractivity contribution in [1.82, 2.24) is 14.5 Å². The number of hydrogen-bond donors (Lipinski definition) is 1. The molecule has 31 heavy (non-hydrogen) atoms. The summed E-state index contributed by atoms with van der Waals surface area (Å²) in [5.41, 5.74) is -7.10. The van der Waals surface area contributed by atoms with Crippen LogP contribution in [-0.2, 0) is 12.4 Å². The number of benzene rings is 1. The van der Waals surface area contributed by atoms with Gasteiger partial charge in [0.25, 0.3) is 5.56 Å². The van der Waals surface area contributed by atoms with Gasteiger partial charge >= 0.3 is 18.0 Å². The molecule has 0 aliphatic rings. The van der Waals surface area contributed by atoms with E-state index in [9.17, 15) is 40.3 Å². The summed E-state index contributed by atoms with van der Waals surface area (Å²) >= 11 is 5.77. The summed E-state index contributed by atoms with van der Waals surface area (Å²) in [6.07, 6.45) is -8.97. The molecular weight excluding hydrogens is 463 g/mol. The van der Waals surface area contributed by atoms with Gasteiger partial charge in [0.15, 0.2) is 0 Å². The van der Waals surface area contributed by atoms with E-state index in [4.69, 9.17) is 16.3 Å². The predicted octanol–water partition coefficient (Wildman–Crippen LogP) is 4.54. The minimum atomic E-state index is -5.06. The Balaban J connectivity index is 2.15. The minimum absolute atomic E-state index is 0.00312. The summed E-state index contributed by atoms with van der Waals surface area (Å²) in [4.78, 5) is 28.8. The molecular formula is C17H7ClF7N3O3. The molecule has 0 saturated heterocycles. The number of halogens is 8. The molecule has 0 atom stereocenters. The Morgan fingerprint density at radius 2 is 1.71 bits per heavy atom. The standard InChI is InChI=1S/C17H7ClF7N3O3/c18-8-4-9(19)10(28-13(29)6-12(17(23,24)25)27-15(28)30)5-11(8)31-14-7(16(20,21)22)2-1-3-26-14/h1-6H,(H,27,30). The zero-order valence-electron chi connectivity index (χ0n) is 14.6. The summed E-state index contributed by atoms with van der Waals surface area (Å²) in [6.45, 7) is 0. The highest BCUT2D eigenvalue weighted by molar-refractivity contribution is 6.32. The quantitative estimate of drug-likeness (QED) is 0.571. The number of ether oxygens (including phenoxy) is 1. The van der Waals surface area contributed by atoms with Crippen molar-refractivity contribution in [3.05, 3.63) is 79.5 Å². The molecule has 0 fully saturated rings. The average molecular weight is 470 g/mol. The average Bonchev–Trinajstić information content (AvgIpc) is 2.63. The highest BCUT2D eigenvalue weighted by Gasteiger charge is 2.36. The fraction of sp³-hybridized carbons (Fsp3) is 0.118. The molecule has 0 amide bonds. The van der Waals surface area contributed by atoms with Crippen LogP contribution in [0.2, 0.25) is 5.02 Å². The number of hydrogen-bond acceptors (Lipinski definition) is 4. The van der Waals surface area contributed by atoms with Gasteiger partial charge in [0, 0.05) is 18.3 Å².